The molecule has 0 spiro atoms. The maximum Gasteiger partial charge on any atom is 0.264 e. The number of pyridine rings is 1. The minimum absolute atomic E-state index is 0.105. The van der Waals surface area contributed by atoms with E-state index in [1.807, 2.05) is 85.5 Å². The third-order valence-corrected chi connectivity index (χ3v) is 6.84. The van der Waals surface area contributed by atoms with Gasteiger partial charge < -0.3 is 5.32 Å². The summed E-state index contributed by atoms with van der Waals surface area (Å²) >= 11 is 0. The van der Waals surface area contributed by atoms with Gasteiger partial charge in [-0.05, 0) is 49.6 Å². The van der Waals surface area contributed by atoms with E-state index in [0.29, 0.717) is 17.5 Å². The zero-order chi connectivity index (χ0) is 26.9. The van der Waals surface area contributed by atoms with E-state index in [1.165, 1.54) is 0 Å². The van der Waals surface area contributed by atoms with E-state index in [0.717, 1.165) is 39.2 Å². The molecule has 0 radical (unpaired) electrons. The molecule has 1 N–H and O–H groups in total. The molecule has 192 valence electrons. The van der Waals surface area contributed by atoms with Gasteiger partial charge in [-0.25, -0.2) is 9.50 Å². The monoisotopic (exact) mass is 513 g/mol. The second-order valence-electron chi connectivity index (χ2n) is 9.56. The molecule has 0 saturated carbocycles. The van der Waals surface area contributed by atoms with Crippen LogP contribution in [0.1, 0.15) is 41.0 Å². The van der Waals surface area contributed by atoms with Crippen LogP contribution in [0.5, 0.6) is 0 Å². The van der Waals surface area contributed by atoms with E-state index >= 15 is 0 Å². The van der Waals surface area contributed by atoms with Crippen molar-refractivity contribution in [3.63, 3.8) is 0 Å². The maximum atomic E-state index is 14.2. The molecule has 39 heavy (non-hydrogen) atoms. The van der Waals surface area contributed by atoms with Gasteiger partial charge in [0.25, 0.3) is 5.56 Å². The predicted molar refractivity (Wildman–Crippen MR) is 152 cm³/mol. The molecule has 0 aliphatic heterocycles. The fourth-order valence-corrected chi connectivity index (χ4v) is 4.82. The lowest BCUT2D eigenvalue weighted by Crippen LogP contribution is -2.28. The highest BCUT2D eigenvalue weighted by molar-refractivity contribution is 5.88. The summed E-state index contributed by atoms with van der Waals surface area (Å²) in [7, 11) is 1.85. The Balaban J connectivity index is 1.44. The second-order valence-corrected chi connectivity index (χ2v) is 9.56. The third kappa shape index (κ3) is 4.60. The summed E-state index contributed by atoms with van der Waals surface area (Å²) in [5.41, 5.74) is 5.88. The Hall–Kier alpha value is -5.00. The number of aromatic nitrogens is 6. The molecule has 6 aromatic rings. The summed E-state index contributed by atoms with van der Waals surface area (Å²) in [6.07, 6.45) is 7.21. The SMILES string of the molecule is Cc1ccnc2c(CN[C@@H](C)c3cc4cccc(C#Cc5cnn(C)c5)c4c(=O)n3-c3ccccc3)cnn12. The van der Waals surface area contributed by atoms with Gasteiger partial charge >= 0.3 is 0 Å². The van der Waals surface area contributed by atoms with Crippen molar-refractivity contribution in [2.24, 2.45) is 7.05 Å². The number of fused-ring (bicyclic) bond motifs is 2. The quantitative estimate of drug-likeness (QED) is 0.347. The molecule has 0 unspecified atom stereocenters. The van der Waals surface area contributed by atoms with Crippen LogP contribution in [0, 0.1) is 18.8 Å². The largest absolute Gasteiger partial charge is 0.305 e. The van der Waals surface area contributed by atoms with E-state index in [1.54, 1.807) is 21.6 Å². The van der Waals surface area contributed by atoms with E-state index in [4.69, 9.17) is 0 Å². The van der Waals surface area contributed by atoms with Gasteiger partial charge in [0.1, 0.15) is 0 Å². The van der Waals surface area contributed by atoms with E-state index < -0.39 is 0 Å². The van der Waals surface area contributed by atoms with Crippen molar-refractivity contribution in [1.29, 1.82) is 0 Å². The van der Waals surface area contributed by atoms with Crippen LogP contribution in [0.2, 0.25) is 0 Å². The Morgan fingerprint density at radius 3 is 2.64 bits per heavy atom. The number of benzene rings is 2. The highest BCUT2D eigenvalue weighted by atomic mass is 16.1. The highest BCUT2D eigenvalue weighted by Crippen LogP contribution is 2.24. The van der Waals surface area contributed by atoms with E-state index in [9.17, 15) is 4.79 Å². The fraction of sp³-hybridized carbons (Fsp3) is 0.161. The first-order chi connectivity index (χ1) is 19.0. The van der Waals surface area contributed by atoms with Crippen LogP contribution in [-0.2, 0) is 13.6 Å². The lowest BCUT2D eigenvalue weighted by molar-refractivity contribution is 0.550. The minimum atomic E-state index is -0.146. The lowest BCUT2D eigenvalue weighted by atomic mass is 10.0. The molecule has 0 amide bonds. The average molecular weight is 514 g/mol. The molecule has 4 heterocycles. The van der Waals surface area contributed by atoms with Crippen molar-refractivity contribution in [2.45, 2.75) is 26.4 Å². The molecule has 8 nitrogen and oxygen atoms in total. The van der Waals surface area contributed by atoms with Crippen LogP contribution in [-0.4, -0.2) is 28.9 Å². The molecule has 2 aromatic carbocycles. The average Bonchev–Trinajstić information content (AvgIpc) is 3.57. The number of hydrogen-bond donors (Lipinski definition) is 1. The van der Waals surface area contributed by atoms with Crippen molar-refractivity contribution in [1.82, 2.24) is 34.3 Å². The van der Waals surface area contributed by atoms with Gasteiger partial charge in [-0.2, -0.15) is 10.2 Å². The zero-order valence-corrected chi connectivity index (χ0v) is 22.0. The Morgan fingerprint density at radius 1 is 1.00 bits per heavy atom. The normalized spacial score (nSPS) is 12.0. The van der Waals surface area contributed by atoms with Gasteiger partial charge in [-0.1, -0.05) is 42.2 Å². The number of rotatable bonds is 5. The topological polar surface area (TPSA) is 82.0 Å². The van der Waals surface area contributed by atoms with Crippen LogP contribution in [0.25, 0.3) is 22.1 Å². The molecule has 0 fully saturated rings. The number of aryl methyl sites for hydroxylation is 2. The van der Waals surface area contributed by atoms with Gasteiger partial charge in [0.15, 0.2) is 5.65 Å². The number of hydrogen-bond acceptors (Lipinski definition) is 5. The fourth-order valence-electron chi connectivity index (χ4n) is 4.82. The van der Waals surface area contributed by atoms with Crippen LogP contribution in [0.4, 0.5) is 0 Å². The molecule has 0 aliphatic carbocycles. The van der Waals surface area contributed by atoms with Crippen molar-refractivity contribution in [3.05, 3.63) is 124 Å². The van der Waals surface area contributed by atoms with E-state index in [-0.39, 0.29) is 11.6 Å². The molecular weight excluding hydrogens is 486 g/mol. The van der Waals surface area contributed by atoms with Crippen molar-refractivity contribution >= 4 is 16.4 Å². The first-order valence-electron chi connectivity index (χ1n) is 12.8. The van der Waals surface area contributed by atoms with Gasteiger partial charge in [-0.15, -0.1) is 0 Å². The zero-order valence-electron chi connectivity index (χ0n) is 22.0. The van der Waals surface area contributed by atoms with Gasteiger partial charge in [0, 0.05) is 60.2 Å². The molecule has 0 bridgehead atoms. The highest BCUT2D eigenvalue weighted by Gasteiger charge is 2.18. The van der Waals surface area contributed by atoms with Gasteiger partial charge in [-0.3, -0.25) is 14.0 Å². The smallest absolute Gasteiger partial charge is 0.264 e. The lowest BCUT2D eigenvalue weighted by Gasteiger charge is -2.21. The van der Waals surface area contributed by atoms with Crippen LogP contribution in [0.15, 0.2) is 90.2 Å². The van der Waals surface area contributed by atoms with Crippen LogP contribution < -0.4 is 10.9 Å². The van der Waals surface area contributed by atoms with Crippen molar-refractivity contribution < 1.29 is 0 Å². The summed E-state index contributed by atoms with van der Waals surface area (Å²) < 4.78 is 5.33. The van der Waals surface area contributed by atoms with Crippen LogP contribution >= 0.6 is 0 Å². The Labute approximate surface area is 225 Å². The Kier molecular flexibility index (Phi) is 6.27. The first kappa shape index (κ1) is 24.3. The second kappa shape index (κ2) is 10.0. The predicted octanol–water partition coefficient (Wildman–Crippen LogP) is 4.33. The molecule has 8 heteroatoms. The Bertz CT molecular complexity index is 1940. The standard InChI is InChI=1S/C31H27N7O/c1-21-14-15-32-30-26(19-35-38(21)30)18-33-22(2)28-16-25-9-7-8-24(13-12-23-17-34-36(3)20-23)29(25)31(39)37(28)27-10-5-4-6-11-27/h4-11,14-17,19-20,22,33H,18H2,1-3H3/t22-/m0/s1. The molecule has 0 saturated heterocycles. The maximum absolute atomic E-state index is 14.2. The summed E-state index contributed by atoms with van der Waals surface area (Å²) in [5, 5.41) is 13.7. The number of nitrogens with one attached hydrogen (secondary N) is 1. The first-order valence-corrected chi connectivity index (χ1v) is 12.8. The minimum Gasteiger partial charge on any atom is -0.305 e. The third-order valence-electron chi connectivity index (χ3n) is 6.84. The number of nitrogens with zero attached hydrogens (tertiary/aromatic N) is 6. The van der Waals surface area contributed by atoms with Gasteiger partial charge in [0.2, 0.25) is 0 Å². The number of para-hydroxylation sites is 1. The molecule has 1 atom stereocenters. The van der Waals surface area contributed by atoms with Crippen LogP contribution in [0.3, 0.4) is 0 Å². The summed E-state index contributed by atoms with van der Waals surface area (Å²) in [4.78, 5) is 18.7. The van der Waals surface area contributed by atoms with Crippen molar-refractivity contribution in [3.8, 4) is 17.5 Å². The molecule has 6 rings (SSSR count). The summed E-state index contributed by atoms with van der Waals surface area (Å²) in [5.74, 6) is 6.35. The van der Waals surface area contributed by atoms with Gasteiger partial charge in [0.05, 0.1) is 23.3 Å². The molecule has 0 aliphatic rings. The summed E-state index contributed by atoms with van der Waals surface area (Å²) in [6.45, 7) is 4.62. The molecule has 4 aromatic heterocycles. The Morgan fingerprint density at radius 2 is 1.85 bits per heavy atom. The molecular formula is C31H27N7O. The summed E-state index contributed by atoms with van der Waals surface area (Å²) in [6, 6.07) is 19.4. The van der Waals surface area contributed by atoms with E-state index in [2.05, 4.69) is 45.3 Å². The van der Waals surface area contributed by atoms with Crippen molar-refractivity contribution in [2.75, 3.05) is 0 Å².